The van der Waals surface area contributed by atoms with Crippen LogP contribution in [0.25, 0.3) is 0 Å². The molecule has 0 saturated carbocycles. The molecule has 1 heterocycles. The summed E-state index contributed by atoms with van der Waals surface area (Å²) in [4.78, 5) is 13.0. The van der Waals surface area contributed by atoms with E-state index in [-0.39, 0.29) is 11.8 Å². The minimum Gasteiger partial charge on any atom is -0.394 e. The average molecular weight is 215 g/mol. The number of rotatable bonds is 5. The van der Waals surface area contributed by atoms with Crippen LogP contribution in [0.5, 0.6) is 0 Å². The first-order chi connectivity index (χ1) is 7.13. The van der Waals surface area contributed by atoms with Crippen molar-refractivity contribution in [2.45, 2.75) is 12.0 Å². The van der Waals surface area contributed by atoms with Crippen LogP contribution in [0.4, 0.5) is 0 Å². The van der Waals surface area contributed by atoms with Crippen molar-refractivity contribution in [3.63, 3.8) is 0 Å². The van der Waals surface area contributed by atoms with Crippen LogP contribution >= 0.6 is 0 Å². The summed E-state index contributed by atoms with van der Waals surface area (Å²) in [5, 5.41) is 27.5. The molecule has 1 unspecified atom stereocenters. The molecule has 0 radical (unpaired) electrons. The first-order valence-electron chi connectivity index (χ1n) is 4.89. The molecule has 1 fully saturated rings. The fourth-order valence-corrected chi connectivity index (χ4v) is 1.76. The molecule has 0 aromatic rings. The highest BCUT2D eigenvalue weighted by Gasteiger charge is 2.43. The summed E-state index contributed by atoms with van der Waals surface area (Å²) in [6.45, 7) is 2.65. The second-order valence-electron chi connectivity index (χ2n) is 3.90. The highest BCUT2D eigenvalue weighted by Crippen LogP contribution is 2.26. The predicted molar refractivity (Wildman–Crippen MR) is 54.0 cm³/mol. The van der Waals surface area contributed by atoms with Gasteiger partial charge in [0.05, 0.1) is 19.8 Å². The van der Waals surface area contributed by atoms with E-state index in [0.29, 0.717) is 13.0 Å². The van der Waals surface area contributed by atoms with Crippen LogP contribution in [0, 0.1) is 5.92 Å². The minimum atomic E-state index is -1.24. The summed E-state index contributed by atoms with van der Waals surface area (Å²) in [7, 11) is 0. The highest BCUT2D eigenvalue weighted by atomic mass is 16.3. The van der Waals surface area contributed by atoms with Crippen molar-refractivity contribution in [3.8, 4) is 0 Å². The van der Waals surface area contributed by atoms with Crippen LogP contribution < -0.4 is 0 Å². The first-order valence-corrected chi connectivity index (χ1v) is 4.89. The molecule has 0 bridgehead atoms. The van der Waals surface area contributed by atoms with Crippen molar-refractivity contribution in [2.75, 3.05) is 26.4 Å². The Kier molecular flexibility index (Phi) is 3.84. The molecule has 86 valence electrons. The fraction of sp³-hybridized carbons (Fsp3) is 0.700. The van der Waals surface area contributed by atoms with E-state index in [1.165, 1.54) is 4.90 Å². The minimum absolute atomic E-state index is 0.0292. The van der Waals surface area contributed by atoms with Gasteiger partial charge in [0, 0.05) is 18.9 Å². The maximum Gasteiger partial charge on any atom is 0.223 e. The number of hydrogen-bond acceptors (Lipinski definition) is 4. The third-order valence-corrected chi connectivity index (χ3v) is 2.94. The Hall–Kier alpha value is -0.910. The molecule has 3 N–H and O–H groups in total. The maximum atomic E-state index is 11.6. The Morgan fingerprint density at radius 2 is 1.93 bits per heavy atom. The lowest BCUT2D eigenvalue weighted by atomic mass is 10.0. The van der Waals surface area contributed by atoms with Crippen molar-refractivity contribution < 1.29 is 20.1 Å². The van der Waals surface area contributed by atoms with Crippen LogP contribution in [0.15, 0.2) is 12.7 Å². The molecule has 1 aliphatic heterocycles. The van der Waals surface area contributed by atoms with E-state index in [1.807, 2.05) is 0 Å². The van der Waals surface area contributed by atoms with Gasteiger partial charge in [0.2, 0.25) is 5.91 Å². The van der Waals surface area contributed by atoms with Crippen molar-refractivity contribution in [3.05, 3.63) is 12.7 Å². The lowest BCUT2D eigenvalue weighted by Crippen LogP contribution is -2.57. The Morgan fingerprint density at radius 3 is 2.27 bits per heavy atom. The number of amides is 1. The van der Waals surface area contributed by atoms with E-state index in [2.05, 4.69) is 6.58 Å². The van der Waals surface area contributed by atoms with Gasteiger partial charge >= 0.3 is 0 Å². The summed E-state index contributed by atoms with van der Waals surface area (Å²) >= 11 is 0. The van der Waals surface area contributed by atoms with Gasteiger partial charge in [-0.2, -0.15) is 0 Å². The lowest BCUT2D eigenvalue weighted by molar-refractivity contribution is -0.140. The quantitative estimate of drug-likeness (QED) is 0.500. The molecule has 0 aliphatic carbocycles. The van der Waals surface area contributed by atoms with Crippen LogP contribution in [0.2, 0.25) is 0 Å². The Bertz CT molecular complexity index is 242. The standard InChI is InChI=1S/C10H17NO4/c1-2-8-3-9(15)11(4-8)10(5-12,6-13)7-14/h2,8,12-14H,1,3-7H2. The number of hydrogen-bond donors (Lipinski definition) is 3. The van der Waals surface area contributed by atoms with Crippen molar-refractivity contribution in [1.29, 1.82) is 0 Å². The molecule has 0 spiro atoms. The molecule has 1 atom stereocenters. The van der Waals surface area contributed by atoms with Crippen LogP contribution in [-0.2, 0) is 4.79 Å². The number of carbonyl (C=O) groups is 1. The number of likely N-dealkylation sites (tertiary alicyclic amines) is 1. The van der Waals surface area contributed by atoms with Crippen molar-refractivity contribution >= 4 is 5.91 Å². The molecular weight excluding hydrogens is 198 g/mol. The SMILES string of the molecule is C=CC1CC(=O)N(C(CO)(CO)CO)C1. The highest BCUT2D eigenvalue weighted by molar-refractivity contribution is 5.80. The zero-order chi connectivity index (χ0) is 11.5. The smallest absolute Gasteiger partial charge is 0.223 e. The van der Waals surface area contributed by atoms with Gasteiger partial charge in [-0.1, -0.05) is 6.08 Å². The maximum absolute atomic E-state index is 11.6. The van der Waals surface area contributed by atoms with Gasteiger partial charge in [-0.15, -0.1) is 6.58 Å². The number of aliphatic hydroxyl groups is 3. The van der Waals surface area contributed by atoms with Gasteiger partial charge in [-0.05, 0) is 0 Å². The van der Waals surface area contributed by atoms with Gasteiger partial charge in [0.25, 0.3) is 0 Å². The third kappa shape index (κ3) is 2.04. The largest absolute Gasteiger partial charge is 0.394 e. The van der Waals surface area contributed by atoms with E-state index in [9.17, 15) is 20.1 Å². The summed E-state index contributed by atoms with van der Waals surface area (Å²) in [6.07, 6.45) is 2.00. The second kappa shape index (κ2) is 4.74. The Balaban J connectivity index is 2.85. The van der Waals surface area contributed by atoms with Crippen molar-refractivity contribution in [1.82, 2.24) is 4.90 Å². The Labute approximate surface area is 88.6 Å². The zero-order valence-electron chi connectivity index (χ0n) is 8.59. The fourth-order valence-electron chi connectivity index (χ4n) is 1.76. The van der Waals surface area contributed by atoms with Crippen LogP contribution in [0.1, 0.15) is 6.42 Å². The molecule has 5 nitrogen and oxygen atoms in total. The van der Waals surface area contributed by atoms with E-state index in [1.54, 1.807) is 6.08 Å². The molecule has 1 rings (SSSR count). The normalized spacial score (nSPS) is 22.2. The monoisotopic (exact) mass is 215 g/mol. The van der Waals surface area contributed by atoms with E-state index in [4.69, 9.17) is 0 Å². The van der Waals surface area contributed by atoms with Gasteiger partial charge in [-0.3, -0.25) is 4.79 Å². The van der Waals surface area contributed by atoms with Crippen LogP contribution in [-0.4, -0.2) is 58.0 Å². The molecule has 1 aliphatic rings. The summed E-state index contributed by atoms with van der Waals surface area (Å²) < 4.78 is 0. The molecule has 0 aromatic carbocycles. The van der Waals surface area contributed by atoms with E-state index >= 15 is 0 Å². The van der Waals surface area contributed by atoms with Crippen molar-refractivity contribution in [2.24, 2.45) is 5.92 Å². The summed E-state index contributed by atoms with van der Waals surface area (Å²) in [6, 6.07) is 0. The first kappa shape index (κ1) is 12.2. The average Bonchev–Trinajstić information content (AvgIpc) is 2.64. The summed E-state index contributed by atoms with van der Waals surface area (Å²) in [5.74, 6) is -0.140. The topological polar surface area (TPSA) is 81.0 Å². The number of aliphatic hydroxyl groups excluding tert-OH is 3. The van der Waals surface area contributed by atoms with E-state index < -0.39 is 25.4 Å². The Morgan fingerprint density at radius 1 is 1.40 bits per heavy atom. The zero-order valence-corrected chi connectivity index (χ0v) is 8.59. The summed E-state index contributed by atoms with van der Waals surface area (Å²) in [5.41, 5.74) is -1.24. The van der Waals surface area contributed by atoms with Gasteiger partial charge < -0.3 is 20.2 Å². The molecule has 5 heteroatoms. The van der Waals surface area contributed by atoms with Crippen LogP contribution in [0.3, 0.4) is 0 Å². The molecule has 1 saturated heterocycles. The van der Waals surface area contributed by atoms with E-state index in [0.717, 1.165) is 0 Å². The van der Waals surface area contributed by atoms with Gasteiger partial charge in [-0.25, -0.2) is 0 Å². The number of nitrogens with zero attached hydrogens (tertiary/aromatic N) is 1. The number of carbonyl (C=O) groups excluding carboxylic acids is 1. The van der Waals surface area contributed by atoms with Gasteiger partial charge in [0.15, 0.2) is 0 Å². The molecule has 15 heavy (non-hydrogen) atoms. The van der Waals surface area contributed by atoms with Gasteiger partial charge in [0.1, 0.15) is 5.54 Å². The molecular formula is C10H17NO4. The molecule has 0 aromatic heterocycles. The lowest BCUT2D eigenvalue weighted by Gasteiger charge is -2.37. The predicted octanol–water partition coefficient (Wildman–Crippen LogP) is -1.26. The second-order valence-corrected chi connectivity index (χ2v) is 3.90. The molecule has 1 amide bonds. The third-order valence-electron chi connectivity index (χ3n) is 2.94.